The molecule has 0 radical (unpaired) electrons. The Morgan fingerprint density at radius 1 is 1.18 bits per heavy atom. The van der Waals surface area contributed by atoms with Gasteiger partial charge in [-0.3, -0.25) is 9.69 Å². The Bertz CT molecular complexity index is 964. The lowest BCUT2D eigenvalue weighted by molar-refractivity contribution is 0.0332. The van der Waals surface area contributed by atoms with Crippen LogP contribution in [0.1, 0.15) is 26.8 Å². The fourth-order valence-electron chi connectivity index (χ4n) is 3.42. The molecule has 4 nitrogen and oxygen atoms in total. The molecule has 0 aliphatic carbocycles. The van der Waals surface area contributed by atoms with Crippen LogP contribution < -0.4 is 5.32 Å². The van der Waals surface area contributed by atoms with E-state index in [-0.39, 0.29) is 17.8 Å². The van der Waals surface area contributed by atoms with Crippen molar-refractivity contribution in [1.29, 1.82) is 0 Å². The molecule has 146 valence electrons. The van der Waals surface area contributed by atoms with Crippen LogP contribution in [0, 0.1) is 12.7 Å². The summed E-state index contributed by atoms with van der Waals surface area (Å²) in [5.74, 6) is -0.411. The summed E-state index contributed by atoms with van der Waals surface area (Å²) in [4.78, 5) is 15.9. The molecule has 1 amide bonds. The molecule has 1 fully saturated rings. The lowest BCUT2D eigenvalue weighted by Gasteiger charge is -2.31. The molecule has 0 spiro atoms. The number of fused-ring (bicyclic) bond motifs is 1. The lowest BCUT2D eigenvalue weighted by Crippen LogP contribution is -2.43. The third-order valence-corrected chi connectivity index (χ3v) is 6.13. The number of thiophene rings is 1. The maximum Gasteiger partial charge on any atom is 0.261 e. The summed E-state index contributed by atoms with van der Waals surface area (Å²) in [6, 6.07) is 14.6. The molecule has 0 bridgehead atoms. The highest BCUT2D eigenvalue weighted by atomic mass is 32.1. The van der Waals surface area contributed by atoms with Gasteiger partial charge < -0.3 is 10.1 Å². The Balaban J connectivity index is 1.55. The zero-order valence-electron chi connectivity index (χ0n) is 15.8. The molecule has 0 saturated carbocycles. The first-order chi connectivity index (χ1) is 13.6. The predicted octanol–water partition coefficient (Wildman–Crippen LogP) is 4.15. The molecule has 6 heteroatoms. The van der Waals surface area contributed by atoms with Gasteiger partial charge in [-0.05, 0) is 36.1 Å². The van der Waals surface area contributed by atoms with Gasteiger partial charge in [0.1, 0.15) is 5.82 Å². The van der Waals surface area contributed by atoms with E-state index >= 15 is 0 Å². The number of rotatable bonds is 5. The molecular formula is C22H23FN2O2S. The normalized spacial score (nSPS) is 16.2. The van der Waals surface area contributed by atoms with Crippen LogP contribution in [0.2, 0.25) is 0 Å². The van der Waals surface area contributed by atoms with E-state index in [1.165, 1.54) is 29.0 Å². The molecule has 2 heterocycles. The first kappa shape index (κ1) is 19.1. The maximum absolute atomic E-state index is 13.5. The second-order valence-corrected chi connectivity index (χ2v) is 8.23. The van der Waals surface area contributed by atoms with Gasteiger partial charge in [0.25, 0.3) is 5.91 Å². The van der Waals surface area contributed by atoms with Crippen molar-refractivity contribution < 1.29 is 13.9 Å². The highest BCUT2D eigenvalue weighted by Crippen LogP contribution is 2.27. The summed E-state index contributed by atoms with van der Waals surface area (Å²) in [6.45, 7) is 5.95. The minimum absolute atomic E-state index is 0.117. The zero-order chi connectivity index (χ0) is 19.5. The number of aryl methyl sites for hydroxylation is 1. The summed E-state index contributed by atoms with van der Waals surface area (Å²) in [5, 5.41) is 4.07. The van der Waals surface area contributed by atoms with Crippen molar-refractivity contribution in [2.45, 2.75) is 13.0 Å². The maximum atomic E-state index is 13.5. The number of hydrogen-bond donors (Lipinski definition) is 1. The number of morpholine rings is 1. The van der Waals surface area contributed by atoms with E-state index in [2.05, 4.69) is 41.4 Å². The Morgan fingerprint density at radius 3 is 2.68 bits per heavy atom. The summed E-state index contributed by atoms with van der Waals surface area (Å²) in [6.07, 6.45) is 0. The van der Waals surface area contributed by atoms with Crippen LogP contribution >= 0.6 is 11.3 Å². The SMILES string of the molecule is Cc1ccc(C(CN2CCOCC2)NC(=O)c2cc3ccc(F)cc3s2)cc1. The Labute approximate surface area is 167 Å². The second kappa shape index (κ2) is 8.39. The molecular weight excluding hydrogens is 375 g/mol. The van der Waals surface area contributed by atoms with Gasteiger partial charge in [-0.1, -0.05) is 35.9 Å². The highest BCUT2D eigenvalue weighted by Gasteiger charge is 2.21. The molecule has 3 aromatic rings. The van der Waals surface area contributed by atoms with Gasteiger partial charge in [-0.2, -0.15) is 0 Å². The summed E-state index contributed by atoms with van der Waals surface area (Å²) < 4.78 is 19.7. The van der Waals surface area contributed by atoms with Crippen LogP contribution in [0.4, 0.5) is 4.39 Å². The van der Waals surface area contributed by atoms with Crippen molar-refractivity contribution in [2.24, 2.45) is 0 Å². The van der Waals surface area contributed by atoms with Crippen molar-refractivity contribution in [3.05, 3.63) is 70.4 Å². The largest absolute Gasteiger partial charge is 0.379 e. The predicted molar refractivity (Wildman–Crippen MR) is 110 cm³/mol. The molecule has 1 N–H and O–H groups in total. The number of carbonyl (C=O) groups excluding carboxylic acids is 1. The Hall–Kier alpha value is -2.28. The fraction of sp³-hybridized carbons (Fsp3) is 0.318. The topological polar surface area (TPSA) is 41.6 Å². The smallest absolute Gasteiger partial charge is 0.261 e. The first-order valence-electron chi connectivity index (χ1n) is 9.45. The van der Waals surface area contributed by atoms with Gasteiger partial charge in [0.05, 0.1) is 24.1 Å². The number of nitrogens with one attached hydrogen (secondary N) is 1. The van der Waals surface area contributed by atoms with Crippen LogP contribution in [0.25, 0.3) is 10.1 Å². The number of carbonyl (C=O) groups is 1. The molecule has 1 aliphatic rings. The van der Waals surface area contributed by atoms with E-state index in [1.807, 2.05) is 6.07 Å². The van der Waals surface area contributed by atoms with Crippen molar-refractivity contribution >= 4 is 27.3 Å². The van der Waals surface area contributed by atoms with Crippen LogP contribution in [0.15, 0.2) is 48.5 Å². The Kier molecular flexibility index (Phi) is 5.71. The van der Waals surface area contributed by atoms with Gasteiger partial charge >= 0.3 is 0 Å². The molecule has 1 unspecified atom stereocenters. The molecule has 28 heavy (non-hydrogen) atoms. The van der Waals surface area contributed by atoms with Gasteiger partial charge in [0.2, 0.25) is 0 Å². The molecule has 4 rings (SSSR count). The van der Waals surface area contributed by atoms with Gasteiger partial charge in [-0.15, -0.1) is 11.3 Å². The van der Waals surface area contributed by atoms with E-state index in [1.54, 1.807) is 6.07 Å². The van der Waals surface area contributed by atoms with Crippen molar-refractivity contribution in [3.8, 4) is 0 Å². The van der Waals surface area contributed by atoms with E-state index < -0.39 is 0 Å². The minimum Gasteiger partial charge on any atom is -0.379 e. The molecule has 2 aromatic carbocycles. The van der Waals surface area contributed by atoms with Crippen molar-refractivity contribution in [3.63, 3.8) is 0 Å². The molecule has 1 aliphatic heterocycles. The molecule has 1 aromatic heterocycles. The first-order valence-corrected chi connectivity index (χ1v) is 10.3. The standard InChI is InChI=1S/C22H23FN2O2S/c1-15-2-4-16(5-3-15)19(14-25-8-10-27-11-9-25)24-22(26)21-12-17-6-7-18(23)13-20(17)28-21/h2-7,12-13,19H,8-11,14H2,1H3,(H,24,26). The lowest BCUT2D eigenvalue weighted by atomic mass is 10.0. The molecule has 1 saturated heterocycles. The summed E-state index contributed by atoms with van der Waals surface area (Å²) in [7, 11) is 0. The average molecular weight is 399 g/mol. The second-order valence-electron chi connectivity index (χ2n) is 7.14. The highest BCUT2D eigenvalue weighted by molar-refractivity contribution is 7.20. The number of nitrogens with zero attached hydrogens (tertiary/aromatic N) is 1. The average Bonchev–Trinajstić information content (AvgIpc) is 3.12. The Morgan fingerprint density at radius 2 is 1.93 bits per heavy atom. The summed E-state index contributed by atoms with van der Waals surface area (Å²) >= 11 is 1.32. The third kappa shape index (κ3) is 4.41. The minimum atomic E-state index is -0.286. The van der Waals surface area contributed by atoms with E-state index in [0.29, 0.717) is 4.88 Å². The van der Waals surface area contributed by atoms with Crippen LogP contribution in [0.3, 0.4) is 0 Å². The quantitative estimate of drug-likeness (QED) is 0.702. The van der Waals surface area contributed by atoms with Crippen molar-refractivity contribution in [1.82, 2.24) is 10.2 Å². The number of amides is 1. The van der Waals surface area contributed by atoms with Gasteiger partial charge in [0.15, 0.2) is 0 Å². The number of halogens is 1. The van der Waals surface area contributed by atoms with Crippen LogP contribution in [-0.2, 0) is 4.74 Å². The zero-order valence-corrected chi connectivity index (χ0v) is 16.6. The van der Waals surface area contributed by atoms with Crippen LogP contribution in [0.5, 0.6) is 0 Å². The van der Waals surface area contributed by atoms with E-state index in [9.17, 15) is 9.18 Å². The fourth-order valence-corrected chi connectivity index (χ4v) is 4.41. The molecule has 1 atom stereocenters. The number of hydrogen-bond acceptors (Lipinski definition) is 4. The summed E-state index contributed by atoms with van der Waals surface area (Å²) in [5.41, 5.74) is 2.27. The van der Waals surface area contributed by atoms with E-state index in [4.69, 9.17) is 4.74 Å². The van der Waals surface area contributed by atoms with Gasteiger partial charge in [-0.25, -0.2) is 4.39 Å². The third-order valence-electron chi connectivity index (χ3n) is 5.04. The van der Waals surface area contributed by atoms with E-state index in [0.717, 1.165) is 48.5 Å². The van der Waals surface area contributed by atoms with Crippen molar-refractivity contribution in [2.75, 3.05) is 32.8 Å². The van der Waals surface area contributed by atoms with Gasteiger partial charge in [0, 0.05) is 24.3 Å². The number of benzene rings is 2. The monoisotopic (exact) mass is 398 g/mol. The van der Waals surface area contributed by atoms with Crippen LogP contribution in [-0.4, -0.2) is 43.7 Å². The number of ether oxygens (including phenoxy) is 1.